The van der Waals surface area contributed by atoms with E-state index in [1.165, 1.54) is 93.3 Å². The molecule has 1 heteroatoms. The van der Waals surface area contributed by atoms with Gasteiger partial charge in [-0.15, -0.1) is 0 Å². The van der Waals surface area contributed by atoms with Crippen molar-refractivity contribution in [2.45, 2.75) is 20.8 Å². The van der Waals surface area contributed by atoms with Crippen molar-refractivity contribution >= 4 is 43.2 Å². The lowest BCUT2D eigenvalue weighted by Crippen LogP contribution is -1.92. The van der Waals surface area contributed by atoms with Crippen LogP contribution in [0, 0.1) is 6.92 Å². The third kappa shape index (κ3) is 3.14. The Morgan fingerprint density at radius 2 is 0.837 bits per heavy atom. The minimum atomic E-state index is 1.05. The van der Waals surface area contributed by atoms with Crippen LogP contribution in [0.15, 0.2) is 121 Å². The van der Waals surface area contributed by atoms with Crippen molar-refractivity contribution in [3.05, 3.63) is 127 Å². The summed E-state index contributed by atoms with van der Waals surface area (Å²) in [5, 5.41) is 9.13. The zero-order chi connectivity index (χ0) is 28.8. The molecule has 8 aromatic rings. The molecule has 2 aliphatic rings. The number of hydrogen-bond acceptors (Lipinski definition) is 1. The van der Waals surface area contributed by atoms with Gasteiger partial charge in [0.2, 0.25) is 0 Å². The van der Waals surface area contributed by atoms with E-state index in [2.05, 4.69) is 128 Å². The average Bonchev–Trinajstić information content (AvgIpc) is 3.56. The molecule has 0 amide bonds. The van der Waals surface area contributed by atoms with Gasteiger partial charge in [-0.2, -0.15) is 0 Å². The standard InChI is InChI=1S/C40H23N.C2H6/c1-22-19-36-27-13-6-3-10-24(27)31-17-18-32(40(41-22)39(31)36)33-20-35-30-16-8-15-29-23-9-2-7-14-28(23)37(38(29)30)21-34(35)26-12-5-4-11-25(26)33;1-2/h2-21H,1H3;1-2H3. The summed E-state index contributed by atoms with van der Waals surface area (Å²) in [6, 6.07) is 45.1. The third-order valence-corrected chi connectivity index (χ3v) is 9.39. The van der Waals surface area contributed by atoms with Crippen LogP contribution in [0.25, 0.3) is 98.9 Å². The van der Waals surface area contributed by atoms with Crippen LogP contribution >= 0.6 is 0 Å². The number of nitrogens with zero attached hydrogens (tertiary/aromatic N) is 1. The van der Waals surface area contributed by atoms with Gasteiger partial charge in [-0.25, -0.2) is 0 Å². The van der Waals surface area contributed by atoms with Crippen molar-refractivity contribution in [2.75, 3.05) is 0 Å². The van der Waals surface area contributed by atoms with E-state index in [9.17, 15) is 0 Å². The van der Waals surface area contributed by atoms with Gasteiger partial charge >= 0.3 is 0 Å². The zero-order valence-electron chi connectivity index (χ0n) is 24.5. The Bertz CT molecular complexity index is 2480. The van der Waals surface area contributed by atoms with Gasteiger partial charge in [0, 0.05) is 16.6 Å². The maximum atomic E-state index is 5.21. The summed E-state index contributed by atoms with van der Waals surface area (Å²) < 4.78 is 0. The van der Waals surface area contributed by atoms with Crippen LogP contribution < -0.4 is 0 Å². The molecule has 10 rings (SSSR count). The smallest absolute Gasteiger partial charge is 0.0796 e. The fraction of sp³-hybridized carbons (Fsp3) is 0.0714. The van der Waals surface area contributed by atoms with Gasteiger partial charge in [0.1, 0.15) is 0 Å². The summed E-state index contributed by atoms with van der Waals surface area (Å²) in [6.45, 7) is 6.12. The highest BCUT2D eigenvalue weighted by molar-refractivity contribution is 6.29. The normalized spacial score (nSPS) is 12.1. The Kier molecular flexibility index (Phi) is 5.02. The first-order valence-electron chi connectivity index (χ1n) is 15.3. The lowest BCUT2D eigenvalue weighted by Gasteiger charge is -2.16. The summed E-state index contributed by atoms with van der Waals surface area (Å²) in [4.78, 5) is 5.21. The molecule has 0 atom stereocenters. The van der Waals surface area contributed by atoms with Gasteiger partial charge in [0.05, 0.1) is 5.52 Å². The number of benzene rings is 7. The van der Waals surface area contributed by atoms with E-state index in [1.54, 1.807) is 0 Å². The van der Waals surface area contributed by atoms with Crippen LogP contribution in [0.2, 0.25) is 0 Å². The van der Waals surface area contributed by atoms with Gasteiger partial charge in [0.25, 0.3) is 0 Å². The minimum absolute atomic E-state index is 1.05. The topological polar surface area (TPSA) is 12.9 Å². The predicted octanol–water partition coefficient (Wildman–Crippen LogP) is 12.0. The van der Waals surface area contributed by atoms with Crippen molar-refractivity contribution < 1.29 is 0 Å². The average molecular weight is 548 g/mol. The van der Waals surface area contributed by atoms with Crippen molar-refractivity contribution in [1.29, 1.82) is 0 Å². The SMILES string of the molecule is CC.Cc1cc2c3c(ccc(-c4cc5c6cccc7c6c(cc5c5ccccc45)-c4ccccc4-7)c3n1)-c1ccccc1-2. The molecule has 0 N–H and O–H groups in total. The van der Waals surface area contributed by atoms with Crippen LogP contribution in [-0.4, -0.2) is 4.98 Å². The fourth-order valence-corrected chi connectivity index (χ4v) is 7.75. The Labute approximate surface area is 251 Å². The summed E-state index contributed by atoms with van der Waals surface area (Å²) in [5.41, 5.74) is 15.1. The number of aryl methyl sites for hydroxylation is 1. The first-order chi connectivity index (χ1) is 21.3. The van der Waals surface area contributed by atoms with Crippen LogP contribution in [0.4, 0.5) is 0 Å². The molecule has 0 aliphatic heterocycles. The molecule has 7 aromatic carbocycles. The highest BCUT2D eigenvalue weighted by atomic mass is 14.7. The lowest BCUT2D eigenvalue weighted by atomic mass is 9.88. The molecule has 1 nitrogen and oxygen atoms in total. The van der Waals surface area contributed by atoms with E-state index in [4.69, 9.17) is 4.98 Å². The number of fused-ring (bicyclic) bond motifs is 10. The van der Waals surface area contributed by atoms with Crippen molar-refractivity contribution in [2.24, 2.45) is 0 Å². The molecule has 0 bridgehead atoms. The quantitative estimate of drug-likeness (QED) is 0.186. The number of hydrogen-bond donors (Lipinski definition) is 0. The number of pyridine rings is 1. The molecule has 0 saturated heterocycles. The van der Waals surface area contributed by atoms with Gasteiger partial charge in [-0.3, -0.25) is 4.98 Å². The highest BCUT2D eigenvalue weighted by Gasteiger charge is 2.26. The maximum absolute atomic E-state index is 5.21. The Morgan fingerprint density at radius 3 is 1.56 bits per heavy atom. The van der Waals surface area contributed by atoms with E-state index in [0.717, 1.165) is 11.2 Å². The van der Waals surface area contributed by atoms with Crippen LogP contribution in [-0.2, 0) is 0 Å². The second kappa shape index (κ2) is 8.86. The molecule has 0 saturated carbocycles. The summed E-state index contributed by atoms with van der Waals surface area (Å²) in [6.07, 6.45) is 0. The number of rotatable bonds is 1. The lowest BCUT2D eigenvalue weighted by molar-refractivity contribution is 1.26. The van der Waals surface area contributed by atoms with E-state index >= 15 is 0 Å². The van der Waals surface area contributed by atoms with E-state index < -0.39 is 0 Å². The van der Waals surface area contributed by atoms with Crippen molar-refractivity contribution in [3.63, 3.8) is 0 Å². The fourth-order valence-electron chi connectivity index (χ4n) is 7.75. The Hall–Kier alpha value is -5.27. The van der Waals surface area contributed by atoms with Gasteiger partial charge in [-0.05, 0) is 108 Å². The minimum Gasteiger partial charge on any atom is -0.252 e. The summed E-state index contributed by atoms with van der Waals surface area (Å²) >= 11 is 0. The molecule has 1 aromatic heterocycles. The largest absolute Gasteiger partial charge is 0.252 e. The number of aromatic nitrogens is 1. The predicted molar refractivity (Wildman–Crippen MR) is 185 cm³/mol. The first-order valence-corrected chi connectivity index (χ1v) is 15.3. The maximum Gasteiger partial charge on any atom is 0.0796 e. The zero-order valence-corrected chi connectivity index (χ0v) is 24.5. The first kappa shape index (κ1) is 24.3. The summed E-state index contributed by atoms with van der Waals surface area (Å²) in [5.74, 6) is 0. The van der Waals surface area contributed by atoms with Gasteiger partial charge in [0.15, 0.2) is 0 Å². The molecule has 0 fully saturated rings. The van der Waals surface area contributed by atoms with Crippen molar-refractivity contribution in [1.82, 2.24) is 4.98 Å². The van der Waals surface area contributed by atoms with E-state index in [0.29, 0.717) is 0 Å². The molecular weight excluding hydrogens is 518 g/mol. The van der Waals surface area contributed by atoms with Gasteiger partial charge in [-0.1, -0.05) is 117 Å². The van der Waals surface area contributed by atoms with Crippen molar-refractivity contribution in [3.8, 4) is 55.6 Å². The third-order valence-electron chi connectivity index (χ3n) is 9.39. The van der Waals surface area contributed by atoms with Crippen LogP contribution in [0.1, 0.15) is 19.5 Å². The second-order valence-corrected chi connectivity index (χ2v) is 11.5. The molecule has 43 heavy (non-hydrogen) atoms. The molecule has 0 unspecified atom stereocenters. The second-order valence-electron chi connectivity index (χ2n) is 11.5. The molecule has 1 heterocycles. The molecule has 0 spiro atoms. The molecule has 0 radical (unpaired) electrons. The van der Waals surface area contributed by atoms with E-state index in [-0.39, 0.29) is 0 Å². The van der Waals surface area contributed by atoms with Crippen LogP contribution in [0.3, 0.4) is 0 Å². The monoisotopic (exact) mass is 547 g/mol. The van der Waals surface area contributed by atoms with Gasteiger partial charge < -0.3 is 0 Å². The molecule has 2 aliphatic carbocycles. The molecular formula is C42H29N. The highest BCUT2D eigenvalue weighted by Crippen LogP contribution is 2.52. The Morgan fingerprint density at radius 1 is 0.349 bits per heavy atom. The van der Waals surface area contributed by atoms with Crippen LogP contribution in [0.5, 0.6) is 0 Å². The van der Waals surface area contributed by atoms with E-state index in [1.807, 2.05) is 13.8 Å². The summed E-state index contributed by atoms with van der Waals surface area (Å²) in [7, 11) is 0. The molecule has 202 valence electrons. The Balaban J connectivity index is 0.00000128.